The van der Waals surface area contributed by atoms with Crippen molar-refractivity contribution in [2.75, 3.05) is 20.8 Å². The number of nitrogens with zero attached hydrogens (tertiary/aromatic N) is 1. The lowest BCUT2D eigenvalue weighted by molar-refractivity contribution is -0.354. The summed E-state index contributed by atoms with van der Waals surface area (Å²) in [5, 5.41) is 13.2. The van der Waals surface area contributed by atoms with Crippen LogP contribution in [0, 0.1) is 0 Å². The summed E-state index contributed by atoms with van der Waals surface area (Å²) in [6.45, 7) is 0.737. The minimum atomic E-state index is -0.730. The fraction of sp³-hybridized carbons (Fsp3) is 0.333. The van der Waals surface area contributed by atoms with Crippen molar-refractivity contribution in [2.45, 2.75) is 12.8 Å². The third-order valence-corrected chi connectivity index (χ3v) is 3.63. The second-order valence-corrected chi connectivity index (χ2v) is 5.44. The molecule has 0 aromatic heterocycles. The lowest BCUT2D eigenvalue weighted by Crippen LogP contribution is -2.33. The molecule has 112 valence electrons. The van der Waals surface area contributed by atoms with Crippen LogP contribution in [-0.4, -0.2) is 26.7 Å². The first-order valence-electron chi connectivity index (χ1n) is 6.45. The maximum Gasteiger partial charge on any atom is 0.339 e. The number of halogens is 1. The molecule has 1 aliphatic heterocycles. The van der Waals surface area contributed by atoms with Crippen LogP contribution in [-0.2, 0) is 20.7 Å². The number of rotatable bonds is 3. The number of fused-ring (bicyclic) bond motifs is 1. The topological polar surface area (TPSA) is 71.0 Å². The number of carbonyl (C=O) groups excluding carboxylic acids is 1. The van der Waals surface area contributed by atoms with Crippen LogP contribution in [0.1, 0.15) is 12.0 Å². The Morgan fingerprint density at radius 3 is 2.81 bits per heavy atom. The molecule has 2 rings (SSSR count). The predicted molar refractivity (Wildman–Crippen MR) is 78.6 cm³/mol. The van der Waals surface area contributed by atoms with E-state index in [2.05, 4.69) is 30.4 Å². The molecule has 21 heavy (non-hydrogen) atoms. The molecular weight excluding hydrogens is 338 g/mol. The van der Waals surface area contributed by atoms with Crippen molar-refractivity contribution in [2.24, 2.45) is 4.99 Å². The van der Waals surface area contributed by atoms with Crippen molar-refractivity contribution in [1.82, 2.24) is 0 Å². The van der Waals surface area contributed by atoms with Crippen LogP contribution in [0.4, 0.5) is 0 Å². The first-order chi connectivity index (χ1) is 10.1. The maximum atomic E-state index is 11.7. The van der Waals surface area contributed by atoms with E-state index in [4.69, 9.17) is 0 Å². The quantitative estimate of drug-likeness (QED) is 0.442. The summed E-state index contributed by atoms with van der Waals surface area (Å²) in [5.74, 6) is -1.46. The molecule has 1 aromatic carbocycles. The molecule has 5 nitrogen and oxygen atoms in total. The summed E-state index contributed by atoms with van der Waals surface area (Å²) in [7, 11) is 2.44. The Balaban J connectivity index is 2.71. The minimum Gasteiger partial charge on any atom is -0.616 e. The van der Waals surface area contributed by atoms with Gasteiger partial charge in [0.25, 0.3) is 0 Å². The highest BCUT2D eigenvalue weighted by atomic mass is 79.9. The van der Waals surface area contributed by atoms with E-state index in [1.54, 1.807) is 0 Å². The number of hydrogen-bond donors (Lipinski definition) is 0. The Bertz CT molecular complexity index is 709. The average molecular weight is 353 g/mol. The van der Waals surface area contributed by atoms with Crippen molar-refractivity contribution in [3.63, 3.8) is 0 Å². The van der Waals surface area contributed by atoms with Gasteiger partial charge in [-0.25, -0.2) is 4.79 Å². The molecule has 0 spiro atoms. The maximum absolute atomic E-state index is 11.7. The Hall–Kier alpha value is -1.82. The third kappa shape index (κ3) is 3.44. The second kappa shape index (κ2) is 6.76. The highest BCUT2D eigenvalue weighted by molar-refractivity contribution is 9.10. The molecule has 0 N–H and O–H groups in total. The summed E-state index contributed by atoms with van der Waals surface area (Å²) < 4.78 is 10.1. The van der Waals surface area contributed by atoms with Gasteiger partial charge in [0.15, 0.2) is 0 Å². The van der Waals surface area contributed by atoms with Gasteiger partial charge in [0.05, 0.1) is 24.0 Å². The van der Waals surface area contributed by atoms with Crippen molar-refractivity contribution < 1.29 is 19.4 Å². The molecule has 1 aliphatic rings. The molecule has 1 aromatic rings. The minimum absolute atomic E-state index is 0.152. The Kier molecular flexibility index (Phi) is 5.01. The third-order valence-electron chi connectivity index (χ3n) is 3.17. The van der Waals surface area contributed by atoms with E-state index in [0.717, 1.165) is 34.8 Å². The molecule has 0 saturated heterocycles. The van der Waals surface area contributed by atoms with Crippen molar-refractivity contribution in [3.8, 4) is 0 Å². The van der Waals surface area contributed by atoms with Gasteiger partial charge in [0, 0.05) is 16.2 Å². The predicted octanol–water partition coefficient (Wildman–Crippen LogP) is 0.187. The molecule has 6 heteroatoms. The van der Waals surface area contributed by atoms with Crippen LogP contribution in [0.25, 0.3) is 6.08 Å². The average Bonchev–Trinajstić information content (AvgIpc) is 2.50. The molecule has 0 atom stereocenters. The lowest BCUT2D eigenvalue weighted by atomic mass is 10.0. The van der Waals surface area contributed by atoms with Gasteiger partial charge in [-0.1, -0.05) is 15.9 Å². The van der Waals surface area contributed by atoms with Crippen LogP contribution in [0.5, 0.6) is 0 Å². The zero-order chi connectivity index (χ0) is 15.4. The molecule has 0 radical (unpaired) electrons. The number of hydrogen-bond acceptors (Lipinski definition) is 5. The fourth-order valence-electron chi connectivity index (χ4n) is 2.21. The van der Waals surface area contributed by atoms with E-state index in [9.17, 15) is 9.90 Å². The zero-order valence-corrected chi connectivity index (χ0v) is 13.4. The van der Waals surface area contributed by atoms with E-state index in [1.807, 2.05) is 12.1 Å². The zero-order valence-electron chi connectivity index (χ0n) is 11.8. The number of esters is 1. The van der Waals surface area contributed by atoms with E-state index < -0.39 is 11.9 Å². The molecule has 0 aliphatic carbocycles. The molecular formula is C15H15BrNO4-. The highest BCUT2D eigenvalue weighted by Crippen LogP contribution is 2.11. The molecule has 0 fully saturated rings. The Labute approximate surface area is 130 Å². The van der Waals surface area contributed by atoms with Gasteiger partial charge in [-0.2, -0.15) is 0 Å². The standard InChI is InChI=1S/C15H16BrNO4/c1-20-14(18)12(15(19)21-2)8-10-7-11(16)6-9-4-3-5-17-13(9)10/h6-8,18H,3-5H2,1-2H3/p-1/b10-8+,14-12+. The smallest absolute Gasteiger partial charge is 0.339 e. The van der Waals surface area contributed by atoms with Gasteiger partial charge in [0.2, 0.25) is 0 Å². The van der Waals surface area contributed by atoms with Crippen molar-refractivity contribution >= 4 is 28.0 Å². The van der Waals surface area contributed by atoms with E-state index in [0.29, 0.717) is 5.22 Å². The SMILES string of the molecule is COC(=O)C(/C=c1\cc(Br)cc2c1=NCCC2)=C(\[O-])OC. The van der Waals surface area contributed by atoms with E-state index in [1.165, 1.54) is 20.3 Å². The largest absolute Gasteiger partial charge is 0.616 e. The number of benzene rings is 1. The van der Waals surface area contributed by atoms with E-state index >= 15 is 0 Å². The number of methoxy groups -OCH3 is 2. The highest BCUT2D eigenvalue weighted by Gasteiger charge is 2.11. The van der Waals surface area contributed by atoms with Crippen molar-refractivity contribution in [1.29, 1.82) is 0 Å². The van der Waals surface area contributed by atoms with Gasteiger partial charge in [-0.05, 0) is 43.7 Å². The summed E-state index contributed by atoms with van der Waals surface area (Å²) in [6, 6.07) is 3.82. The van der Waals surface area contributed by atoms with Gasteiger partial charge in [-0.15, -0.1) is 0 Å². The van der Waals surface area contributed by atoms with E-state index in [-0.39, 0.29) is 5.57 Å². The van der Waals surface area contributed by atoms with Gasteiger partial charge in [0.1, 0.15) is 0 Å². The first kappa shape index (κ1) is 15.6. The normalized spacial score (nSPS) is 15.7. The van der Waals surface area contributed by atoms with Crippen LogP contribution >= 0.6 is 15.9 Å². The Morgan fingerprint density at radius 2 is 2.14 bits per heavy atom. The summed E-state index contributed by atoms with van der Waals surface area (Å²) in [4.78, 5) is 16.2. The van der Waals surface area contributed by atoms with Crippen molar-refractivity contribution in [3.05, 3.63) is 44.3 Å². The monoisotopic (exact) mass is 352 g/mol. The molecule has 0 bridgehead atoms. The summed E-state index contributed by atoms with van der Waals surface area (Å²) in [5.41, 5.74) is 0.942. The van der Waals surface area contributed by atoms with Crippen LogP contribution in [0.15, 0.2) is 33.1 Å². The van der Waals surface area contributed by atoms with Crippen LogP contribution < -0.4 is 15.7 Å². The fourth-order valence-corrected chi connectivity index (χ4v) is 2.73. The number of aryl methyl sites for hydroxylation is 1. The molecule has 0 unspecified atom stereocenters. The number of carbonyl (C=O) groups is 1. The van der Waals surface area contributed by atoms with Crippen LogP contribution in [0.2, 0.25) is 0 Å². The van der Waals surface area contributed by atoms with Gasteiger partial charge in [-0.3, -0.25) is 4.99 Å². The molecule has 1 heterocycles. The second-order valence-electron chi connectivity index (χ2n) is 4.53. The number of ether oxygens (including phenoxy) is 2. The lowest BCUT2D eigenvalue weighted by Gasteiger charge is -2.13. The molecule has 0 saturated carbocycles. The first-order valence-corrected chi connectivity index (χ1v) is 7.24. The molecule has 0 amide bonds. The van der Waals surface area contributed by atoms with Crippen LogP contribution in [0.3, 0.4) is 0 Å². The van der Waals surface area contributed by atoms with Gasteiger partial charge < -0.3 is 14.6 Å². The summed E-state index contributed by atoms with van der Waals surface area (Å²) in [6.07, 6.45) is 3.38. The van der Waals surface area contributed by atoms with Gasteiger partial charge >= 0.3 is 5.97 Å². The Morgan fingerprint density at radius 1 is 1.38 bits per heavy atom. The summed E-state index contributed by atoms with van der Waals surface area (Å²) >= 11 is 3.44.